The van der Waals surface area contributed by atoms with Crippen LogP contribution in [0.4, 0.5) is 0 Å². The van der Waals surface area contributed by atoms with E-state index < -0.39 is 42.3 Å². The van der Waals surface area contributed by atoms with Crippen molar-refractivity contribution in [1.82, 2.24) is 24.1 Å². The van der Waals surface area contributed by atoms with Gasteiger partial charge in [0.25, 0.3) is 0 Å². The monoisotopic (exact) mass is 663 g/mol. The van der Waals surface area contributed by atoms with Gasteiger partial charge >= 0.3 is 0 Å². The third-order valence-corrected chi connectivity index (χ3v) is 9.20. The summed E-state index contributed by atoms with van der Waals surface area (Å²) < 4.78 is 101. The van der Waals surface area contributed by atoms with Crippen LogP contribution in [0.25, 0.3) is 100.0 Å². The number of hydrogen-bond acceptors (Lipinski definition) is 4. The molecule has 11 aromatic rings. The fourth-order valence-electron chi connectivity index (χ4n) is 6.92. The first-order valence-electron chi connectivity index (χ1n) is 21.2. The summed E-state index contributed by atoms with van der Waals surface area (Å²) in [5.74, 6) is 0.415. The third-order valence-electron chi connectivity index (χ3n) is 9.20. The molecule has 0 atom stereocenters. The topological polar surface area (TPSA) is 61.7 Å². The van der Waals surface area contributed by atoms with Crippen molar-refractivity contribution in [2.75, 3.05) is 0 Å². The Morgan fingerprint density at radius 3 is 1.71 bits per heavy atom. The Kier molecular flexibility index (Phi) is 4.17. The molecule has 0 unspecified atom stereocenters. The average molecular weight is 664 g/mol. The average Bonchev–Trinajstić information content (AvgIpc) is 3.98. The molecule has 0 bridgehead atoms. The normalized spacial score (nSPS) is 14.7. The molecular weight excluding hydrogens is 627 g/mol. The lowest BCUT2D eigenvalue weighted by Crippen LogP contribution is -2.06. The highest BCUT2D eigenvalue weighted by atomic mass is 16.3. The minimum absolute atomic E-state index is 0.00806. The molecule has 0 aliphatic rings. The van der Waals surface area contributed by atoms with E-state index in [1.165, 1.54) is 4.57 Å². The number of hydrogen-bond donors (Lipinski definition) is 0. The molecule has 0 N–H and O–H groups in total. The van der Waals surface area contributed by atoms with E-state index in [2.05, 4.69) is 0 Å². The van der Waals surface area contributed by atoms with Crippen LogP contribution in [0.3, 0.4) is 0 Å². The standard InChI is InChI=1S/C45H27N5O/c1-3-13-28(14-4-1)43-46-44(29-15-5-2-6-16-29)48-45(47-43)50-38-21-11-8-18-32(38)35-26-34-31-17-7-10-20-37(31)49(39(34)27-40(35)50)30-23-24-42-36(25-30)33-19-9-12-22-41(33)51-42/h1-27H/i7D,8D,10D,11D,17D,18D,20D,21D,26D,27D. The van der Waals surface area contributed by atoms with Gasteiger partial charge in [-0.1, -0.05) is 115 Å². The van der Waals surface area contributed by atoms with Crippen LogP contribution in [0.5, 0.6) is 0 Å². The molecular formula is C45H27N5O. The summed E-state index contributed by atoms with van der Waals surface area (Å²) in [6, 6.07) is 26.6. The van der Waals surface area contributed by atoms with Gasteiger partial charge in [0, 0.05) is 49.1 Å². The number of fused-ring (bicyclic) bond motifs is 9. The maximum absolute atomic E-state index is 10.2. The van der Waals surface area contributed by atoms with Crippen LogP contribution < -0.4 is 0 Å². The van der Waals surface area contributed by atoms with Gasteiger partial charge in [0.15, 0.2) is 11.6 Å². The summed E-state index contributed by atoms with van der Waals surface area (Å²) in [6.45, 7) is 0. The van der Waals surface area contributed by atoms with Crippen LogP contribution in [0.2, 0.25) is 0 Å². The highest BCUT2D eigenvalue weighted by Gasteiger charge is 2.21. The van der Waals surface area contributed by atoms with E-state index in [4.69, 9.17) is 24.9 Å². The first-order chi connectivity index (χ1) is 29.5. The van der Waals surface area contributed by atoms with Gasteiger partial charge in [0.05, 0.1) is 35.8 Å². The minimum Gasteiger partial charge on any atom is -0.456 e. The lowest BCUT2D eigenvalue weighted by molar-refractivity contribution is 0.669. The highest BCUT2D eigenvalue weighted by molar-refractivity contribution is 6.19. The second-order valence-corrected chi connectivity index (χ2v) is 12.1. The number of aromatic nitrogens is 5. The minimum atomic E-state index is -0.557. The van der Waals surface area contributed by atoms with Crippen LogP contribution in [0, 0.1) is 0 Å². The van der Waals surface area contributed by atoms with Gasteiger partial charge in [-0.3, -0.25) is 4.57 Å². The number of nitrogens with zero attached hydrogens (tertiary/aromatic N) is 5. The van der Waals surface area contributed by atoms with E-state index in [1.807, 2.05) is 91.0 Å². The zero-order valence-electron chi connectivity index (χ0n) is 36.5. The van der Waals surface area contributed by atoms with Gasteiger partial charge in [-0.05, 0) is 48.4 Å². The third kappa shape index (κ3) is 4.20. The van der Waals surface area contributed by atoms with E-state index >= 15 is 0 Å². The maximum atomic E-state index is 10.2. The fourth-order valence-corrected chi connectivity index (χ4v) is 6.92. The van der Waals surface area contributed by atoms with E-state index in [-0.39, 0.29) is 79.3 Å². The first-order valence-corrected chi connectivity index (χ1v) is 16.2. The van der Waals surface area contributed by atoms with Gasteiger partial charge in [-0.2, -0.15) is 9.97 Å². The van der Waals surface area contributed by atoms with Crippen molar-refractivity contribution < 1.29 is 18.1 Å². The first kappa shape index (κ1) is 19.8. The molecule has 0 saturated heterocycles. The molecule has 4 heterocycles. The van der Waals surface area contributed by atoms with Crippen LogP contribution in [0.15, 0.2) is 168 Å². The predicted octanol–water partition coefficient (Wildman–Crippen LogP) is 11.3. The van der Waals surface area contributed by atoms with Crippen molar-refractivity contribution in [2.24, 2.45) is 0 Å². The summed E-state index contributed by atoms with van der Waals surface area (Å²) in [6.07, 6.45) is 0. The molecule has 0 saturated carbocycles. The van der Waals surface area contributed by atoms with Gasteiger partial charge in [-0.25, -0.2) is 4.98 Å². The van der Waals surface area contributed by atoms with Gasteiger partial charge < -0.3 is 8.98 Å². The van der Waals surface area contributed by atoms with E-state index in [1.54, 1.807) is 16.7 Å². The van der Waals surface area contributed by atoms with Gasteiger partial charge in [0.2, 0.25) is 5.95 Å². The van der Waals surface area contributed by atoms with Crippen LogP contribution in [-0.2, 0) is 0 Å². The molecule has 0 aliphatic carbocycles. The maximum Gasteiger partial charge on any atom is 0.238 e. The molecule has 7 aromatic carbocycles. The number of benzene rings is 7. The molecule has 0 radical (unpaired) electrons. The largest absolute Gasteiger partial charge is 0.456 e. The zero-order chi connectivity index (χ0) is 42.2. The number of furan rings is 1. The summed E-state index contributed by atoms with van der Waals surface area (Å²) >= 11 is 0. The van der Waals surface area contributed by atoms with Crippen LogP contribution in [0.1, 0.15) is 13.7 Å². The quantitative estimate of drug-likeness (QED) is 0.188. The Morgan fingerprint density at radius 1 is 0.451 bits per heavy atom. The van der Waals surface area contributed by atoms with Crippen molar-refractivity contribution in [3.63, 3.8) is 0 Å². The van der Waals surface area contributed by atoms with Crippen molar-refractivity contribution in [1.29, 1.82) is 0 Å². The SMILES string of the molecule is [2H]c1c([2H])c([2H])c2c(c1[2H])c1c([2H])c3c4c([2H])c([2H])c([2H])c([2H])c4n(-c4nc(-c5ccccc5)nc(-c5ccccc5)n4)c3c([2H])c1n2-c1ccc2oc3ccccc3c2c1. The number of rotatable bonds is 4. The molecule has 238 valence electrons. The molecule has 6 heteroatoms. The van der Waals surface area contributed by atoms with E-state index in [0.29, 0.717) is 33.4 Å². The molecule has 4 aromatic heterocycles. The Labute approximate surface area is 305 Å². The molecule has 0 fully saturated rings. The molecule has 11 rings (SSSR count). The molecule has 0 aliphatic heterocycles. The summed E-state index contributed by atoms with van der Waals surface area (Å²) in [4.78, 5) is 14.6. The summed E-state index contributed by atoms with van der Waals surface area (Å²) in [7, 11) is 0. The predicted molar refractivity (Wildman–Crippen MR) is 207 cm³/mol. The fraction of sp³-hybridized carbons (Fsp3) is 0. The van der Waals surface area contributed by atoms with Crippen LogP contribution >= 0.6 is 0 Å². The molecule has 0 amide bonds. The molecule has 51 heavy (non-hydrogen) atoms. The molecule has 0 spiro atoms. The lowest BCUT2D eigenvalue weighted by Gasteiger charge is -2.11. The second-order valence-electron chi connectivity index (χ2n) is 12.1. The summed E-state index contributed by atoms with van der Waals surface area (Å²) in [5, 5.41) is 1.40. The summed E-state index contributed by atoms with van der Waals surface area (Å²) in [5.41, 5.74) is 2.86. The van der Waals surface area contributed by atoms with E-state index in [9.17, 15) is 8.22 Å². The van der Waals surface area contributed by atoms with Crippen molar-refractivity contribution in [2.45, 2.75) is 0 Å². The zero-order valence-corrected chi connectivity index (χ0v) is 26.5. The van der Waals surface area contributed by atoms with Crippen molar-refractivity contribution >= 4 is 65.6 Å². The second kappa shape index (κ2) is 10.7. The Morgan fingerprint density at radius 2 is 1.02 bits per heavy atom. The van der Waals surface area contributed by atoms with Crippen molar-refractivity contribution in [3.8, 4) is 34.4 Å². The van der Waals surface area contributed by atoms with Crippen molar-refractivity contribution in [3.05, 3.63) is 164 Å². The Balaban J connectivity index is 1.38. The van der Waals surface area contributed by atoms with Crippen LogP contribution in [-0.4, -0.2) is 24.1 Å². The number of para-hydroxylation sites is 3. The lowest BCUT2D eigenvalue weighted by atomic mass is 10.1. The van der Waals surface area contributed by atoms with E-state index in [0.717, 1.165) is 5.39 Å². The van der Waals surface area contributed by atoms with Gasteiger partial charge in [0.1, 0.15) is 11.2 Å². The molecule has 6 nitrogen and oxygen atoms in total. The van der Waals surface area contributed by atoms with Gasteiger partial charge in [-0.15, -0.1) is 0 Å². The Bertz CT molecular complexity index is 3660. The Hall–Kier alpha value is -7.05. The highest BCUT2D eigenvalue weighted by Crippen LogP contribution is 2.40. The smallest absolute Gasteiger partial charge is 0.238 e.